The smallest absolute Gasteiger partial charge is 0.325 e. The second kappa shape index (κ2) is 6.89. The van der Waals surface area contributed by atoms with E-state index in [4.69, 9.17) is 4.74 Å². The van der Waals surface area contributed by atoms with Crippen molar-refractivity contribution in [3.8, 4) is 0 Å². The summed E-state index contributed by atoms with van der Waals surface area (Å²) in [7, 11) is 0. The summed E-state index contributed by atoms with van der Waals surface area (Å²) in [5.41, 5.74) is 0.159. The first-order valence-corrected chi connectivity index (χ1v) is 7.03. The van der Waals surface area contributed by atoms with Crippen molar-refractivity contribution in [1.82, 2.24) is 10.2 Å². The van der Waals surface area contributed by atoms with Crippen LogP contribution in [0.1, 0.15) is 40.5 Å². The Bertz CT molecular complexity index is 315. The van der Waals surface area contributed by atoms with Crippen LogP contribution in [0.25, 0.3) is 0 Å². The molecule has 1 fully saturated rings. The van der Waals surface area contributed by atoms with Gasteiger partial charge in [0.05, 0.1) is 6.61 Å². The van der Waals surface area contributed by atoms with Gasteiger partial charge in [0.1, 0.15) is 6.54 Å². The Morgan fingerprint density at radius 3 is 2.32 bits per heavy atom. The van der Waals surface area contributed by atoms with E-state index in [1.807, 2.05) is 0 Å². The zero-order valence-corrected chi connectivity index (χ0v) is 12.5. The number of rotatable bonds is 4. The summed E-state index contributed by atoms with van der Waals surface area (Å²) in [4.78, 5) is 25.5. The lowest BCUT2D eigenvalue weighted by Gasteiger charge is -2.40. The third kappa shape index (κ3) is 5.19. The molecule has 0 aromatic rings. The van der Waals surface area contributed by atoms with Crippen molar-refractivity contribution in [1.29, 1.82) is 0 Å². The summed E-state index contributed by atoms with van der Waals surface area (Å²) in [5.74, 6) is -0.377. The number of likely N-dealkylation sites (tertiary alicyclic amines) is 1. The minimum absolute atomic E-state index is 0.0213. The van der Waals surface area contributed by atoms with E-state index in [0.717, 1.165) is 25.9 Å². The van der Waals surface area contributed by atoms with Gasteiger partial charge in [-0.25, -0.2) is 0 Å². The van der Waals surface area contributed by atoms with Crippen LogP contribution in [0.5, 0.6) is 0 Å². The van der Waals surface area contributed by atoms with Gasteiger partial charge in [0.25, 0.3) is 0 Å². The molecule has 0 saturated carbocycles. The van der Waals surface area contributed by atoms with E-state index in [-0.39, 0.29) is 29.9 Å². The van der Waals surface area contributed by atoms with Crippen molar-refractivity contribution >= 4 is 11.9 Å². The molecule has 0 radical (unpaired) electrons. The maximum atomic E-state index is 11.9. The number of carbonyl (C=O) groups is 2. The first-order valence-electron chi connectivity index (χ1n) is 7.03. The molecule has 1 saturated heterocycles. The van der Waals surface area contributed by atoms with Crippen molar-refractivity contribution in [3.63, 3.8) is 0 Å². The fourth-order valence-corrected chi connectivity index (χ4v) is 2.33. The number of hydrogen-bond donors (Lipinski definition) is 1. The summed E-state index contributed by atoms with van der Waals surface area (Å²) in [6, 6.07) is 0. The molecule has 5 nitrogen and oxygen atoms in total. The largest absolute Gasteiger partial charge is 0.465 e. The maximum absolute atomic E-state index is 11.9. The second-order valence-electron chi connectivity index (χ2n) is 5.95. The molecule has 1 aliphatic rings. The third-order valence-corrected chi connectivity index (χ3v) is 3.53. The highest BCUT2D eigenvalue weighted by Crippen LogP contribution is 2.23. The Morgan fingerprint density at radius 2 is 1.84 bits per heavy atom. The van der Waals surface area contributed by atoms with Gasteiger partial charge in [0.15, 0.2) is 0 Å². The molecule has 1 N–H and O–H groups in total. The molecule has 0 aromatic carbocycles. The Balaban J connectivity index is 2.31. The lowest BCUT2D eigenvalue weighted by molar-refractivity contribution is -0.144. The number of esters is 1. The quantitative estimate of drug-likeness (QED) is 0.779. The molecule has 0 aliphatic carbocycles. The van der Waals surface area contributed by atoms with Gasteiger partial charge in [0, 0.05) is 11.5 Å². The summed E-state index contributed by atoms with van der Waals surface area (Å²) < 4.78 is 4.78. The summed E-state index contributed by atoms with van der Waals surface area (Å²) >= 11 is 0. The predicted molar refractivity (Wildman–Crippen MR) is 73.7 cm³/mol. The molecule has 110 valence electrons. The van der Waals surface area contributed by atoms with E-state index < -0.39 is 0 Å². The first-order chi connectivity index (χ1) is 8.84. The highest BCUT2D eigenvalue weighted by molar-refractivity contribution is 5.83. The number of nitrogens with one attached hydrogen (secondary N) is 1. The molecule has 5 heteroatoms. The van der Waals surface area contributed by atoms with E-state index in [2.05, 4.69) is 31.0 Å². The highest BCUT2D eigenvalue weighted by Gasteiger charge is 2.30. The van der Waals surface area contributed by atoms with Gasteiger partial charge < -0.3 is 10.1 Å². The highest BCUT2D eigenvalue weighted by atomic mass is 16.5. The second-order valence-corrected chi connectivity index (χ2v) is 5.95. The van der Waals surface area contributed by atoms with Crippen LogP contribution >= 0.6 is 0 Å². The number of ether oxygens (including phenoxy) is 1. The molecule has 0 unspecified atom stereocenters. The molecule has 1 heterocycles. The number of carbonyl (C=O) groups excluding carboxylic acids is 2. The van der Waals surface area contributed by atoms with Crippen molar-refractivity contribution in [2.24, 2.45) is 5.92 Å². The van der Waals surface area contributed by atoms with Crippen molar-refractivity contribution in [2.75, 3.05) is 26.2 Å². The fraction of sp³-hybridized carbons (Fsp3) is 0.857. The van der Waals surface area contributed by atoms with Gasteiger partial charge in [-0.05, 0) is 53.6 Å². The molecular formula is C14H26N2O3. The van der Waals surface area contributed by atoms with E-state index >= 15 is 0 Å². The van der Waals surface area contributed by atoms with Gasteiger partial charge in [-0.15, -0.1) is 0 Å². The van der Waals surface area contributed by atoms with Gasteiger partial charge in [0.2, 0.25) is 5.91 Å². The zero-order valence-electron chi connectivity index (χ0n) is 12.5. The van der Waals surface area contributed by atoms with E-state index in [1.165, 1.54) is 0 Å². The molecule has 1 rings (SSSR count). The van der Waals surface area contributed by atoms with E-state index in [1.54, 1.807) is 6.92 Å². The lowest BCUT2D eigenvalue weighted by atomic mass is 9.92. The number of piperidine rings is 1. The summed E-state index contributed by atoms with van der Waals surface area (Å²) in [6.45, 7) is 10.5. The Labute approximate surface area is 115 Å². The average Bonchev–Trinajstić information content (AvgIpc) is 2.35. The lowest BCUT2D eigenvalue weighted by Crippen LogP contribution is -2.48. The van der Waals surface area contributed by atoms with Crippen LogP contribution in [0.3, 0.4) is 0 Å². The van der Waals surface area contributed by atoms with Gasteiger partial charge >= 0.3 is 5.97 Å². The average molecular weight is 270 g/mol. The first kappa shape index (κ1) is 16.0. The molecular weight excluding hydrogens is 244 g/mol. The number of amides is 1. The van der Waals surface area contributed by atoms with Crippen LogP contribution in [-0.2, 0) is 14.3 Å². The van der Waals surface area contributed by atoms with Gasteiger partial charge in [-0.3, -0.25) is 14.5 Å². The van der Waals surface area contributed by atoms with E-state index in [9.17, 15) is 9.59 Å². The summed E-state index contributed by atoms with van der Waals surface area (Å²) in [5, 5.41) is 2.66. The predicted octanol–water partition coefficient (Wildman–Crippen LogP) is 1.18. The van der Waals surface area contributed by atoms with Gasteiger partial charge in [-0.2, -0.15) is 0 Å². The minimum atomic E-state index is -0.372. The van der Waals surface area contributed by atoms with Crippen LogP contribution in [0, 0.1) is 5.92 Å². The fourth-order valence-electron chi connectivity index (χ4n) is 2.33. The van der Waals surface area contributed by atoms with Crippen LogP contribution in [0.2, 0.25) is 0 Å². The van der Waals surface area contributed by atoms with Crippen molar-refractivity contribution < 1.29 is 14.3 Å². The SMILES string of the molecule is CCOC(=O)CNC(=O)C1CCN(C(C)(C)C)CC1. The molecule has 0 bridgehead atoms. The number of nitrogens with zero attached hydrogens (tertiary/aromatic N) is 1. The monoisotopic (exact) mass is 270 g/mol. The molecule has 1 amide bonds. The molecule has 1 aliphatic heterocycles. The topological polar surface area (TPSA) is 58.6 Å². The molecule has 0 atom stereocenters. The Hall–Kier alpha value is -1.10. The van der Waals surface area contributed by atoms with Gasteiger partial charge in [-0.1, -0.05) is 0 Å². The maximum Gasteiger partial charge on any atom is 0.325 e. The van der Waals surface area contributed by atoms with Crippen LogP contribution in [0.15, 0.2) is 0 Å². The molecule has 19 heavy (non-hydrogen) atoms. The van der Waals surface area contributed by atoms with Crippen molar-refractivity contribution in [3.05, 3.63) is 0 Å². The minimum Gasteiger partial charge on any atom is -0.465 e. The third-order valence-electron chi connectivity index (χ3n) is 3.53. The number of hydrogen-bond acceptors (Lipinski definition) is 4. The Morgan fingerprint density at radius 1 is 1.26 bits per heavy atom. The normalized spacial score (nSPS) is 18.1. The molecule has 0 spiro atoms. The molecule has 0 aromatic heterocycles. The van der Waals surface area contributed by atoms with Crippen LogP contribution in [-0.4, -0.2) is 48.6 Å². The van der Waals surface area contributed by atoms with Crippen molar-refractivity contribution in [2.45, 2.75) is 46.1 Å². The van der Waals surface area contributed by atoms with Crippen LogP contribution < -0.4 is 5.32 Å². The zero-order chi connectivity index (χ0) is 14.5. The summed E-state index contributed by atoms with van der Waals surface area (Å²) in [6.07, 6.45) is 1.71. The standard InChI is InChI=1S/C14H26N2O3/c1-5-19-12(17)10-15-13(18)11-6-8-16(9-7-11)14(2,3)4/h11H,5-10H2,1-4H3,(H,15,18). The van der Waals surface area contributed by atoms with E-state index in [0.29, 0.717) is 6.61 Å². The van der Waals surface area contributed by atoms with Crippen LogP contribution in [0.4, 0.5) is 0 Å². The Kier molecular flexibility index (Phi) is 5.79.